The fourth-order valence-corrected chi connectivity index (χ4v) is 5.69. The zero-order chi connectivity index (χ0) is 23.5. The van der Waals surface area contributed by atoms with Crippen molar-refractivity contribution in [3.63, 3.8) is 0 Å². The number of hydrogen-bond donors (Lipinski definition) is 2. The van der Waals surface area contributed by atoms with Crippen LogP contribution in [0.25, 0.3) is 28.0 Å². The largest absolute Gasteiger partial charge is 0.357 e. The van der Waals surface area contributed by atoms with E-state index in [-0.39, 0.29) is 5.41 Å². The average molecular weight is 469 g/mol. The molecule has 0 aromatic carbocycles. The molecule has 9 heteroatoms. The highest BCUT2D eigenvalue weighted by Crippen LogP contribution is 2.69. The molecule has 8 rings (SSSR count). The molecule has 35 heavy (non-hydrogen) atoms. The average Bonchev–Trinajstić information content (AvgIpc) is 3.58. The smallest absolute Gasteiger partial charge is 0.182 e. The van der Waals surface area contributed by atoms with E-state index in [1.165, 1.54) is 0 Å². The van der Waals surface area contributed by atoms with Gasteiger partial charge in [0.05, 0.1) is 24.1 Å². The molecule has 3 aliphatic rings. The number of fused-ring (bicyclic) bond motifs is 1. The summed E-state index contributed by atoms with van der Waals surface area (Å²) in [5, 5.41) is 9.21. The number of hydrogen-bond acceptors (Lipinski definition) is 5. The molecule has 0 saturated heterocycles. The highest BCUT2D eigenvalue weighted by Gasteiger charge is 2.68. The fraction of sp³-hybridized carbons (Fsp3) is 0.308. The van der Waals surface area contributed by atoms with Gasteiger partial charge in [-0.2, -0.15) is 5.10 Å². The maximum absolute atomic E-state index is 13.7. The van der Waals surface area contributed by atoms with E-state index < -0.39 is 5.67 Å². The number of pyridine rings is 2. The molecule has 2 N–H and O–H groups in total. The van der Waals surface area contributed by atoms with Crippen LogP contribution in [0.2, 0.25) is 0 Å². The van der Waals surface area contributed by atoms with Gasteiger partial charge in [-0.05, 0) is 55.0 Å². The normalized spacial score (nSPS) is 22.8. The molecule has 176 valence electrons. The van der Waals surface area contributed by atoms with Gasteiger partial charge in [-0.15, -0.1) is 0 Å². The number of aromatic nitrogens is 7. The molecular formula is C26H25FN8. The Morgan fingerprint density at radius 2 is 1.89 bits per heavy atom. The minimum atomic E-state index is -0.834. The molecule has 2 bridgehead atoms. The lowest BCUT2D eigenvalue weighted by Gasteiger charge is -2.66. The summed E-state index contributed by atoms with van der Waals surface area (Å²) in [6.07, 6.45) is 13.3. The van der Waals surface area contributed by atoms with Crippen molar-refractivity contribution in [2.45, 2.75) is 38.0 Å². The van der Waals surface area contributed by atoms with Crippen molar-refractivity contribution in [3.05, 3.63) is 79.0 Å². The van der Waals surface area contributed by atoms with Gasteiger partial charge in [0, 0.05) is 60.0 Å². The Morgan fingerprint density at radius 1 is 1.03 bits per heavy atom. The summed E-state index contributed by atoms with van der Waals surface area (Å²) in [6.45, 7) is 2.15. The van der Waals surface area contributed by atoms with E-state index in [0.717, 1.165) is 65.9 Å². The zero-order valence-electron chi connectivity index (χ0n) is 19.2. The fourth-order valence-electron chi connectivity index (χ4n) is 5.69. The van der Waals surface area contributed by atoms with Crippen molar-refractivity contribution in [3.8, 4) is 17.1 Å². The quantitative estimate of drug-likeness (QED) is 0.359. The second kappa shape index (κ2) is 7.58. The van der Waals surface area contributed by atoms with Crippen molar-refractivity contribution in [1.82, 2.24) is 39.6 Å². The standard InChI is InChI=1S/C26H25FN8/c27-26-13-25(14-26,15-26)16-29-10-20-5-18-9-30-21(7-23(18)32-20)12-35-17-31-24(33-35)19-6-22(11-28-8-19)34-3-1-2-4-34/h1-9,11,17,29,32H,10,12-16H2. The number of halogens is 1. The third kappa shape index (κ3) is 3.72. The van der Waals surface area contributed by atoms with Crippen molar-refractivity contribution in [1.29, 1.82) is 0 Å². The Bertz CT molecular complexity index is 1500. The molecule has 0 amide bonds. The third-order valence-electron chi connectivity index (χ3n) is 7.25. The molecule has 5 heterocycles. The molecule has 0 atom stereocenters. The summed E-state index contributed by atoms with van der Waals surface area (Å²) >= 11 is 0. The lowest BCUT2D eigenvalue weighted by atomic mass is 9.42. The van der Waals surface area contributed by atoms with Gasteiger partial charge in [0.15, 0.2) is 5.82 Å². The zero-order valence-corrected chi connectivity index (χ0v) is 19.2. The van der Waals surface area contributed by atoms with Gasteiger partial charge in [0.25, 0.3) is 0 Å². The van der Waals surface area contributed by atoms with Gasteiger partial charge in [-0.25, -0.2) is 14.1 Å². The van der Waals surface area contributed by atoms with Crippen molar-refractivity contribution in [2.24, 2.45) is 5.41 Å². The summed E-state index contributed by atoms with van der Waals surface area (Å²) in [7, 11) is 0. The second-order valence-corrected chi connectivity index (χ2v) is 10.1. The predicted molar refractivity (Wildman–Crippen MR) is 130 cm³/mol. The number of H-pyrrole nitrogens is 1. The van der Waals surface area contributed by atoms with Crippen LogP contribution in [0.15, 0.2) is 67.6 Å². The topological polar surface area (TPSA) is 89.2 Å². The van der Waals surface area contributed by atoms with Gasteiger partial charge in [-0.1, -0.05) is 0 Å². The van der Waals surface area contributed by atoms with Crippen molar-refractivity contribution in [2.75, 3.05) is 6.54 Å². The third-order valence-corrected chi connectivity index (χ3v) is 7.25. The van der Waals surface area contributed by atoms with Gasteiger partial charge in [0.2, 0.25) is 0 Å². The molecule has 5 aromatic rings. The SMILES string of the molecule is FC12CC(CNCc3cc4cnc(Cn5cnc(-c6cncc(-n7cccc7)c6)n5)cc4[nH]3)(C1)C2. The second-order valence-electron chi connectivity index (χ2n) is 10.1. The minimum Gasteiger partial charge on any atom is -0.357 e. The first-order valence-corrected chi connectivity index (χ1v) is 11.9. The van der Waals surface area contributed by atoms with Gasteiger partial charge >= 0.3 is 0 Å². The van der Waals surface area contributed by atoms with Crippen LogP contribution in [0.1, 0.15) is 30.7 Å². The van der Waals surface area contributed by atoms with Crippen LogP contribution in [-0.2, 0) is 13.1 Å². The first kappa shape index (κ1) is 20.5. The van der Waals surface area contributed by atoms with Crippen LogP contribution in [0.5, 0.6) is 0 Å². The van der Waals surface area contributed by atoms with E-state index in [9.17, 15) is 4.39 Å². The first-order valence-electron chi connectivity index (χ1n) is 11.9. The molecule has 3 fully saturated rings. The van der Waals surface area contributed by atoms with Crippen LogP contribution in [-0.4, -0.2) is 46.5 Å². The molecule has 0 aliphatic heterocycles. The van der Waals surface area contributed by atoms with Crippen LogP contribution in [0.4, 0.5) is 4.39 Å². The maximum atomic E-state index is 13.7. The Hall–Kier alpha value is -3.85. The van der Waals surface area contributed by atoms with E-state index in [1.807, 2.05) is 47.6 Å². The number of nitrogens with zero attached hydrogens (tertiary/aromatic N) is 6. The molecule has 0 spiro atoms. The molecule has 5 aromatic heterocycles. The monoisotopic (exact) mass is 468 g/mol. The number of rotatable bonds is 8. The van der Waals surface area contributed by atoms with Crippen LogP contribution >= 0.6 is 0 Å². The molecular weight excluding hydrogens is 443 g/mol. The Morgan fingerprint density at radius 3 is 2.71 bits per heavy atom. The first-order chi connectivity index (χ1) is 17.0. The van der Waals surface area contributed by atoms with E-state index >= 15 is 0 Å². The van der Waals surface area contributed by atoms with E-state index in [0.29, 0.717) is 12.4 Å². The van der Waals surface area contributed by atoms with Gasteiger partial charge in [-0.3, -0.25) is 9.97 Å². The molecule has 3 saturated carbocycles. The van der Waals surface area contributed by atoms with Crippen molar-refractivity contribution < 1.29 is 4.39 Å². The lowest BCUT2D eigenvalue weighted by Crippen LogP contribution is -2.67. The van der Waals surface area contributed by atoms with Crippen LogP contribution < -0.4 is 5.32 Å². The lowest BCUT2D eigenvalue weighted by molar-refractivity contribution is -0.209. The molecule has 8 nitrogen and oxygen atoms in total. The van der Waals surface area contributed by atoms with E-state index in [4.69, 9.17) is 0 Å². The number of alkyl halides is 1. The minimum absolute atomic E-state index is 0.214. The summed E-state index contributed by atoms with van der Waals surface area (Å²) in [6, 6.07) is 10.2. The highest BCUT2D eigenvalue weighted by atomic mass is 19.1. The Labute approximate surface area is 201 Å². The summed E-state index contributed by atoms with van der Waals surface area (Å²) in [4.78, 5) is 16.9. The van der Waals surface area contributed by atoms with Gasteiger partial charge < -0.3 is 14.9 Å². The molecule has 0 unspecified atom stereocenters. The predicted octanol–water partition coefficient (Wildman–Crippen LogP) is 4.04. The summed E-state index contributed by atoms with van der Waals surface area (Å²) in [5.74, 6) is 0.628. The van der Waals surface area contributed by atoms with Crippen LogP contribution in [0.3, 0.4) is 0 Å². The van der Waals surface area contributed by atoms with E-state index in [1.54, 1.807) is 17.2 Å². The van der Waals surface area contributed by atoms with Crippen molar-refractivity contribution >= 4 is 10.9 Å². The Kier molecular flexibility index (Phi) is 4.44. The summed E-state index contributed by atoms with van der Waals surface area (Å²) in [5.41, 5.74) is 4.26. The molecule has 0 radical (unpaired) electrons. The number of aromatic amines is 1. The Balaban J connectivity index is 1.02. The number of nitrogens with one attached hydrogen (secondary N) is 2. The summed E-state index contributed by atoms with van der Waals surface area (Å²) < 4.78 is 17.5. The maximum Gasteiger partial charge on any atom is 0.182 e. The molecule has 3 aliphatic carbocycles. The van der Waals surface area contributed by atoms with Crippen LogP contribution in [0, 0.1) is 5.41 Å². The van der Waals surface area contributed by atoms with Gasteiger partial charge in [0.1, 0.15) is 12.0 Å². The van der Waals surface area contributed by atoms with E-state index in [2.05, 4.69) is 42.5 Å². The highest BCUT2D eigenvalue weighted by molar-refractivity contribution is 5.79.